The van der Waals surface area contributed by atoms with E-state index >= 15 is 0 Å². The van der Waals surface area contributed by atoms with E-state index in [1.165, 1.54) is 6.92 Å². The topological polar surface area (TPSA) is 113 Å². The van der Waals surface area contributed by atoms with Crippen molar-refractivity contribution in [1.29, 1.82) is 0 Å². The molecule has 1 aliphatic heterocycles. The number of aromatic nitrogens is 1. The van der Waals surface area contributed by atoms with Gasteiger partial charge in [-0.2, -0.15) is 0 Å². The van der Waals surface area contributed by atoms with Gasteiger partial charge in [0.2, 0.25) is 11.8 Å². The van der Waals surface area contributed by atoms with Gasteiger partial charge in [0.25, 0.3) is 0 Å². The Morgan fingerprint density at radius 1 is 0.860 bits per heavy atom. The molecule has 5 rings (SSSR count). The zero-order valence-electron chi connectivity index (χ0n) is 29.2. The monoisotopic (exact) mass is 678 g/mol. The minimum absolute atomic E-state index is 0.00369. The summed E-state index contributed by atoms with van der Waals surface area (Å²) in [6.07, 6.45) is 5.66. The average molecular weight is 679 g/mol. The molecule has 0 radical (unpaired) electrons. The second-order valence-corrected chi connectivity index (χ2v) is 13.1. The molecule has 50 heavy (non-hydrogen) atoms. The van der Waals surface area contributed by atoms with Gasteiger partial charge in [-0.15, -0.1) is 0 Å². The van der Waals surface area contributed by atoms with Crippen LogP contribution in [0.3, 0.4) is 0 Å². The number of hydrogen-bond acceptors (Lipinski definition) is 7. The average Bonchev–Trinajstić information content (AvgIpc) is 3.15. The molecule has 1 aromatic heterocycles. The van der Waals surface area contributed by atoms with Crippen LogP contribution >= 0.6 is 0 Å². The maximum Gasteiger partial charge on any atom is 0.220 e. The normalized spacial score (nSPS) is 17.4. The minimum Gasteiger partial charge on any atom is -0.392 e. The van der Waals surface area contributed by atoms with Crippen LogP contribution in [0.5, 0.6) is 0 Å². The van der Waals surface area contributed by atoms with E-state index in [1.807, 2.05) is 66.9 Å². The smallest absolute Gasteiger partial charge is 0.220 e. The van der Waals surface area contributed by atoms with E-state index in [9.17, 15) is 14.7 Å². The number of carbonyl (C=O) groups excluding carboxylic acids is 2. The van der Waals surface area contributed by atoms with E-state index in [0.29, 0.717) is 25.9 Å². The van der Waals surface area contributed by atoms with Crippen molar-refractivity contribution in [2.45, 2.75) is 77.1 Å². The maximum absolute atomic E-state index is 12.5. The van der Waals surface area contributed by atoms with Gasteiger partial charge in [0.15, 0.2) is 6.29 Å². The first-order chi connectivity index (χ1) is 24.4. The molecule has 0 aliphatic carbocycles. The first kappa shape index (κ1) is 36.9. The third-order valence-corrected chi connectivity index (χ3v) is 8.97. The van der Waals surface area contributed by atoms with Gasteiger partial charge in [-0.05, 0) is 72.0 Å². The molecular weight excluding hydrogens is 628 g/mol. The van der Waals surface area contributed by atoms with E-state index in [-0.39, 0.29) is 30.6 Å². The molecule has 0 saturated carbocycles. The highest BCUT2D eigenvalue weighted by Gasteiger charge is 2.33. The molecule has 0 spiro atoms. The Kier molecular flexibility index (Phi) is 14.1. The number of pyridine rings is 1. The van der Waals surface area contributed by atoms with Crippen LogP contribution < -0.4 is 10.6 Å². The van der Waals surface area contributed by atoms with Gasteiger partial charge >= 0.3 is 0 Å². The van der Waals surface area contributed by atoms with Crippen molar-refractivity contribution in [3.63, 3.8) is 0 Å². The van der Waals surface area contributed by atoms with Crippen molar-refractivity contribution in [3.05, 3.63) is 125 Å². The molecule has 2 amide bonds. The van der Waals surface area contributed by atoms with Crippen LogP contribution in [0.15, 0.2) is 97.2 Å². The SMILES string of the molecule is CC(=O)NCCCCCC(=O)NCc1cccc(-c2cccc([C@H]3O[C@@H](CN(C)CCc4ccccn4)C[C@@H](c4ccc(CO)cc4)O3)c2)c1. The Bertz CT molecular complexity index is 1650. The molecule has 2 heterocycles. The number of aliphatic hydroxyl groups is 1. The summed E-state index contributed by atoms with van der Waals surface area (Å²) in [7, 11) is 2.12. The van der Waals surface area contributed by atoms with Crippen LogP contribution in [0.4, 0.5) is 0 Å². The van der Waals surface area contributed by atoms with Gasteiger partial charge in [0.05, 0.1) is 18.8 Å². The molecule has 264 valence electrons. The lowest BCUT2D eigenvalue weighted by Crippen LogP contribution is -2.38. The molecule has 1 saturated heterocycles. The summed E-state index contributed by atoms with van der Waals surface area (Å²) in [6.45, 7) is 4.24. The lowest BCUT2D eigenvalue weighted by molar-refractivity contribution is -0.252. The number of carbonyl (C=O) groups is 2. The van der Waals surface area contributed by atoms with E-state index in [1.54, 1.807) is 0 Å². The van der Waals surface area contributed by atoms with E-state index in [0.717, 1.165) is 77.8 Å². The largest absolute Gasteiger partial charge is 0.392 e. The molecule has 4 aromatic rings. The van der Waals surface area contributed by atoms with Gasteiger partial charge in [-0.25, -0.2) is 0 Å². The highest BCUT2D eigenvalue weighted by Crippen LogP contribution is 2.39. The van der Waals surface area contributed by atoms with Crippen LogP contribution in [-0.2, 0) is 38.6 Å². The van der Waals surface area contributed by atoms with E-state index in [4.69, 9.17) is 9.47 Å². The Morgan fingerprint density at radius 2 is 1.66 bits per heavy atom. The Morgan fingerprint density at radius 3 is 2.42 bits per heavy atom. The van der Waals surface area contributed by atoms with Crippen LogP contribution in [0, 0.1) is 0 Å². The van der Waals surface area contributed by atoms with Crippen molar-refractivity contribution in [2.75, 3.05) is 26.7 Å². The van der Waals surface area contributed by atoms with Gasteiger partial charge in [0.1, 0.15) is 0 Å². The number of benzene rings is 3. The quantitative estimate of drug-likeness (QED) is 0.113. The molecule has 3 N–H and O–H groups in total. The molecule has 1 aliphatic rings. The first-order valence-electron chi connectivity index (χ1n) is 17.7. The highest BCUT2D eigenvalue weighted by atomic mass is 16.7. The van der Waals surface area contributed by atoms with E-state index < -0.39 is 6.29 Å². The molecule has 9 heteroatoms. The maximum atomic E-state index is 12.5. The lowest BCUT2D eigenvalue weighted by atomic mass is 9.98. The van der Waals surface area contributed by atoms with Gasteiger partial charge < -0.3 is 30.1 Å². The predicted molar refractivity (Wildman–Crippen MR) is 195 cm³/mol. The Hall–Kier alpha value is -4.41. The van der Waals surface area contributed by atoms with Crippen molar-refractivity contribution in [3.8, 4) is 11.1 Å². The van der Waals surface area contributed by atoms with Crippen LogP contribution in [0.2, 0.25) is 0 Å². The summed E-state index contributed by atoms with van der Waals surface area (Å²) in [5.74, 6) is 0.00391. The summed E-state index contributed by atoms with van der Waals surface area (Å²) in [6, 6.07) is 30.5. The fourth-order valence-corrected chi connectivity index (χ4v) is 6.19. The number of rotatable bonds is 17. The number of amides is 2. The standard InChI is InChI=1S/C41H50N4O5/c1-30(47)42-21-6-3-4-15-40(48)44-27-32-10-8-11-34(24-32)35-12-9-13-36(25-35)41-49-38(28-45(2)23-20-37-14-5-7-22-43-37)26-39(50-41)33-18-16-31(29-46)17-19-33/h5,7-14,16-19,22,24-25,38-39,41,46H,3-4,6,15,20-21,23,26-29H2,1-2H3,(H,42,47)(H,44,48)/t38-,39+,41+/m1/s1. The fourth-order valence-electron chi connectivity index (χ4n) is 6.19. The van der Waals surface area contributed by atoms with Crippen molar-refractivity contribution >= 4 is 11.8 Å². The third kappa shape index (κ3) is 11.6. The van der Waals surface area contributed by atoms with Crippen molar-refractivity contribution < 1.29 is 24.2 Å². The molecule has 3 aromatic carbocycles. The van der Waals surface area contributed by atoms with Gasteiger partial charge in [0, 0.05) is 69.8 Å². The second kappa shape index (κ2) is 19.1. The summed E-state index contributed by atoms with van der Waals surface area (Å²) in [4.78, 5) is 30.2. The predicted octanol–water partition coefficient (Wildman–Crippen LogP) is 6.27. The summed E-state index contributed by atoms with van der Waals surface area (Å²) in [5.41, 5.74) is 7.06. The number of nitrogens with one attached hydrogen (secondary N) is 2. The molecule has 0 bridgehead atoms. The van der Waals surface area contributed by atoms with Gasteiger partial charge in [-0.3, -0.25) is 14.6 Å². The fraction of sp³-hybridized carbons (Fsp3) is 0.390. The number of likely N-dealkylation sites (N-methyl/N-ethyl adjacent to an activating group) is 1. The Labute approximate surface area is 296 Å². The van der Waals surface area contributed by atoms with Crippen molar-refractivity contribution in [2.24, 2.45) is 0 Å². The number of ether oxygens (including phenoxy) is 2. The van der Waals surface area contributed by atoms with Gasteiger partial charge in [-0.1, -0.05) is 73.2 Å². The number of nitrogens with zero attached hydrogens (tertiary/aromatic N) is 2. The molecule has 1 fully saturated rings. The first-order valence-corrected chi connectivity index (χ1v) is 17.7. The zero-order chi connectivity index (χ0) is 35.1. The third-order valence-electron chi connectivity index (χ3n) is 8.97. The highest BCUT2D eigenvalue weighted by molar-refractivity contribution is 5.76. The minimum atomic E-state index is -0.555. The second-order valence-electron chi connectivity index (χ2n) is 13.1. The zero-order valence-corrected chi connectivity index (χ0v) is 29.2. The molecule has 0 unspecified atom stereocenters. The Balaban J connectivity index is 1.23. The molecule has 3 atom stereocenters. The summed E-state index contributed by atoms with van der Waals surface area (Å²) in [5, 5.41) is 15.4. The number of aliphatic hydroxyl groups excluding tert-OH is 1. The summed E-state index contributed by atoms with van der Waals surface area (Å²) < 4.78 is 13.3. The molecule has 9 nitrogen and oxygen atoms in total. The summed E-state index contributed by atoms with van der Waals surface area (Å²) >= 11 is 0. The van der Waals surface area contributed by atoms with Crippen LogP contribution in [0.25, 0.3) is 11.1 Å². The number of hydrogen-bond donors (Lipinski definition) is 3. The molecular formula is C41H50N4O5. The van der Waals surface area contributed by atoms with E-state index in [2.05, 4.69) is 57.9 Å². The number of unbranched alkanes of at least 4 members (excludes halogenated alkanes) is 2. The van der Waals surface area contributed by atoms with Crippen LogP contribution in [-0.4, -0.2) is 59.6 Å². The lowest BCUT2D eigenvalue weighted by Gasteiger charge is -2.38. The van der Waals surface area contributed by atoms with Crippen molar-refractivity contribution in [1.82, 2.24) is 20.5 Å². The van der Waals surface area contributed by atoms with Crippen LogP contribution in [0.1, 0.15) is 79.4 Å².